The van der Waals surface area contributed by atoms with Gasteiger partial charge in [-0.15, -0.1) is 0 Å². The Morgan fingerprint density at radius 3 is 2.04 bits per heavy atom. The molecule has 0 amide bonds. The van der Waals surface area contributed by atoms with Crippen molar-refractivity contribution in [2.75, 3.05) is 33.2 Å². The van der Waals surface area contributed by atoms with Crippen molar-refractivity contribution in [1.82, 2.24) is 0 Å². The van der Waals surface area contributed by atoms with Gasteiger partial charge in [-0.1, -0.05) is 19.2 Å². The lowest BCUT2D eigenvalue weighted by Crippen LogP contribution is -2.14. The molecule has 0 aliphatic rings. The molecule has 0 heterocycles. The van der Waals surface area contributed by atoms with Crippen molar-refractivity contribution in [1.29, 1.82) is 0 Å². The van der Waals surface area contributed by atoms with E-state index in [1.54, 1.807) is 0 Å². The van der Waals surface area contributed by atoms with Crippen LogP contribution in [0, 0.1) is 0 Å². The zero-order chi connectivity index (χ0) is 19.2. The number of carbonyl (C=O) groups excluding carboxylic acids is 3. The Bertz CT molecular complexity index is 638. The minimum absolute atomic E-state index is 0.0183. The molecule has 0 radical (unpaired) electrons. The molecule has 0 fully saturated rings. The molecule has 0 aliphatic carbocycles. The molecule has 0 atom stereocenters. The summed E-state index contributed by atoms with van der Waals surface area (Å²) in [5.74, 6) is -1.86. The zero-order valence-electron chi connectivity index (χ0n) is 14.2. The molecule has 26 heavy (non-hydrogen) atoms. The normalized spacial score (nSPS) is 9.69. The van der Waals surface area contributed by atoms with E-state index in [-0.39, 0.29) is 44.3 Å². The first-order valence-corrected chi connectivity index (χ1v) is 7.62. The van der Waals surface area contributed by atoms with Crippen molar-refractivity contribution < 1.29 is 38.1 Å². The molecular weight excluding hydrogens is 344 g/mol. The molecule has 140 valence electrons. The minimum Gasteiger partial charge on any atom is -0.476 e. The molecule has 0 unspecified atom stereocenters. The fraction of sp³-hybridized carbons (Fsp3) is 0.278. The van der Waals surface area contributed by atoms with Gasteiger partial charge in [-0.05, 0) is 18.2 Å². The molecule has 1 rings (SSSR count). The Balaban J connectivity index is 2.41. The Hall–Kier alpha value is -3.13. The van der Waals surface area contributed by atoms with E-state index in [0.717, 1.165) is 6.08 Å². The molecule has 1 aromatic carbocycles. The summed E-state index contributed by atoms with van der Waals surface area (Å²) in [6.07, 6.45) is 2.24. The van der Waals surface area contributed by atoms with E-state index in [2.05, 4.69) is 17.9 Å². The standard InChI is InChI=1S/C18H20O8/c1-3-16(19)24-10-11-26-18(21)15-7-5-6-14(12-15)17(20)25-9-8-23-13-22-4-2/h3-7,12H,1-2,8-11,13H2. The average Bonchev–Trinajstić information content (AvgIpc) is 2.67. The van der Waals surface area contributed by atoms with Crippen molar-refractivity contribution >= 4 is 17.9 Å². The second-order valence-corrected chi connectivity index (χ2v) is 4.58. The van der Waals surface area contributed by atoms with Gasteiger partial charge in [0.1, 0.15) is 19.8 Å². The van der Waals surface area contributed by atoms with Gasteiger partial charge in [0.25, 0.3) is 0 Å². The molecule has 0 saturated carbocycles. The van der Waals surface area contributed by atoms with Crippen LogP contribution < -0.4 is 0 Å². The van der Waals surface area contributed by atoms with Gasteiger partial charge in [-0.3, -0.25) is 0 Å². The van der Waals surface area contributed by atoms with Crippen LogP contribution in [0.25, 0.3) is 0 Å². The molecule has 0 bridgehead atoms. The summed E-state index contributed by atoms with van der Waals surface area (Å²) in [6, 6.07) is 5.87. The smallest absolute Gasteiger partial charge is 0.338 e. The lowest BCUT2D eigenvalue weighted by Gasteiger charge is -2.08. The van der Waals surface area contributed by atoms with Crippen LogP contribution in [0.2, 0.25) is 0 Å². The maximum atomic E-state index is 11.9. The van der Waals surface area contributed by atoms with Crippen molar-refractivity contribution in [3.63, 3.8) is 0 Å². The summed E-state index contributed by atoms with van der Waals surface area (Å²) in [5, 5.41) is 0. The van der Waals surface area contributed by atoms with E-state index >= 15 is 0 Å². The topological polar surface area (TPSA) is 97.4 Å². The van der Waals surface area contributed by atoms with Gasteiger partial charge in [-0.25, -0.2) is 14.4 Å². The average molecular weight is 364 g/mol. The third kappa shape index (κ3) is 8.11. The highest BCUT2D eigenvalue weighted by molar-refractivity contribution is 5.95. The molecule has 8 nitrogen and oxygen atoms in total. The third-order valence-corrected chi connectivity index (χ3v) is 2.79. The molecule has 8 heteroatoms. The molecular formula is C18H20O8. The number of carbonyl (C=O) groups is 3. The largest absolute Gasteiger partial charge is 0.476 e. The van der Waals surface area contributed by atoms with E-state index in [1.807, 2.05) is 0 Å². The van der Waals surface area contributed by atoms with Gasteiger partial charge in [0.05, 0.1) is 24.0 Å². The molecule has 0 aromatic heterocycles. The second-order valence-electron chi connectivity index (χ2n) is 4.58. The molecule has 0 aliphatic heterocycles. The first-order valence-electron chi connectivity index (χ1n) is 7.62. The lowest BCUT2D eigenvalue weighted by atomic mass is 10.1. The monoisotopic (exact) mass is 364 g/mol. The van der Waals surface area contributed by atoms with E-state index in [1.165, 1.54) is 30.5 Å². The lowest BCUT2D eigenvalue weighted by molar-refractivity contribution is -0.138. The number of hydrogen-bond acceptors (Lipinski definition) is 8. The molecule has 0 spiro atoms. The number of hydrogen-bond donors (Lipinski definition) is 0. The van der Waals surface area contributed by atoms with Crippen LogP contribution in [-0.2, 0) is 28.5 Å². The summed E-state index contributed by atoms with van der Waals surface area (Å²) in [7, 11) is 0. The molecule has 1 aromatic rings. The van der Waals surface area contributed by atoms with Gasteiger partial charge >= 0.3 is 17.9 Å². The van der Waals surface area contributed by atoms with Crippen molar-refractivity contribution in [3.05, 3.63) is 60.9 Å². The van der Waals surface area contributed by atoms with E-state index in [4.69, 9.17) is 18.9 Å². The first-order chi connectivity index (χ1) is 12.6. The van der Waals surface area contributed by atoms with Crippen LogP contribution >= 0.6 is 0 Å². The fourth-order valence-electron chi connectivity index (χ4n) is 1.62. The number of rotatable bonds is 12. The Labute approximate surface area is 150 Å². The number of ether oxygens (including phenoxy) is 5. The van der Waals surface area contributed by atoms with Crippen LogP contribution in [-0.4, -0.2) is 51.1 Å². The van der Waals surface area contributed by atoms with Crippen LogP contribution in [0.3, 0.4) is 0 Å². The van der Waals surface area contributed by atoms with E-state index in [9.17, 15) is 14.4 Å². The molecule has 0 N–H and O–H groups in total. The van der Waals surface area contributed by atoms with Crippen molar-refractivity contribution in [2.24, 2.45) is 0 Å². The van der Waals surface area contributed by atoms with Gasteiger partial charge < -0.3 is 23.7 Å². The SMILES string of the molecule is C=COCOCCOC(=O)c1cccc(C(=O)OCCOC(=O)C=C)c1. The number of esters is 3. The summed E-state index contributed by atoms with van der Waals surface area (Å²) in [6.45, 7) is 6.60. The maximum absolute atomic E-state index is 11.9. The van der Waals surface area contributed by atoms with E-state index in [0.29, 0.717) is 0 Å². The Morgan fingerprint density at radius 2 is 1.46 bits per heavy atom. The second kappa shape index (κ2) is 12.3. The zero-order valence-corrected chi connectivity index (χ0v) is 14.2. The van der Waals surface area contributed by atoms with Gasteiger partial charge in [0.2, 0.25) is 0 Å². The predicted molar refractivity (Wildman–Crippen MR) is 90.3 cm³/mol. The highest BCUT2D eigenvalue weighted by atomic mass is 16.7. The Kier molecular flexibility index (Phi) is 9.86. The van der Waals surface area contributed by atoms with Crippen molar-refractivity contribution in [2.45, 2.75) is 0 Å². The summed E-state index contributed by atoms with van der Waals surface area (Å²) in [4.78, 5) is 34.7. The first kappa shape index (κ1) is 20.9. The third-order valence-electron chi connectivity index (χ3n) is 2.79. The van der Waals surface area contributed by atoms with Gasteiger partial charge in [0, 0.05) is 6.08 Å². The summed E-state index contributed by atoms with van der Waals surface area (Å²) < 4.78 is 24.4. The summed E-state index contributed by atoms with van der Waals surface area (Å²) >= 11 is 0. The van der Waals surface area contributed by atoms with Gasteiger partial charge in [-0.2, -0.15) is 0 Å². The highest BCUT2D eigenvalue weighted by Gasteiger charge is 2.12. The van der Waals surface area contributed by atoms with Crippen LogP contribution in [0.15, 0.2) is 49.8 Å². The molecule has 0 saturated heterocycles. The number of benzene rings is 1. The van der Waals surface area contributed by atoms with Crippen molar-refractivity contribution in [3.8, 4) is 0 Å². The Morgan fingerprint density at radius 1 is 0.885 bits per heavy atom. The van der Waals surface area contributed by atoms with E-state index < -0.39 is 17.9 Å². The fourth-order valence-corrected chi connectivity index (χ4v) is 1.62. The van der Waals surface area contributed by atoms with Crippen LogP contribution in [0.1, 0.15) is 20.7 Å². The quantitative estimate of drug-likeness (QED) is 0.138. The van der Waals surface area contributed by atoms with Gasteiger partial charge in [0.15, 0.2) is 6.79 Å². The highest BCUT2D eigenvalue weighted by Crippen LogP contribution is 2.08. The van der Waals surface area contributed by atoms with Crippen LogP contribution in [0.4, 0.5) is 0 Å². The minimum atomic E-state index is -0.654. The predicted octanol–water partition coefficient (Wildman–Crippen LogP) is 1.86. The van der Waals surface area contributed by atoms with Crippen LogP contribution in [0.5, 0.6) is 0 Å². The summed E-state index contributed by atoms with van der Waals surface area (Å²) in [5.41, 5.74) is 0.366. The maximum Gasteiger partial charge on any atom is 0.338 e.